The number of nitrogens with one attached hydrogen (secondary N) is 4. The summed E-state index contributed by atoms with van der Waals surface area (Å²) in [6, 6.07) is 11.0. The number of alkyl carbamates (subject to hydrolysis) is 1. The quantitative estimate of drug-likeness (QED) is 0.122. The molecule has 5 N–H and O–H groups in total. The van der Waals surface area contributed by atoms with Crippen molar-refractivity contribution in [2.75, 3.05) is 31.2 Å². The van der Waals surface area contributed by atoms with Crippen LogP contribution in [0.3, 0.4) is 0 Å². The minimum atomic E-state index is -1.38. The van der Waals surface area contributed by atoms with Crippen LogP contribution in [0.25, 0.3) is 0 Å². The molecule has 2 heterocycles. The fraction of sp³-hybridized carbons (Fsp3) is 0.568. The molecular weight excluding hydrogens is 823 g/mol. The van der Waals surface area contributed by atoms with Gasteiger partial charge >= 0.3 is 12.1 Å². The van der Waals surface area contributed by atoms with Gasteiger partial charge in [-0.05, 0) is 59.3 Å². The topological polar surface area (TPSA) is 210 Å². The fourth-order valence-electron chi connectivity index (χ4n) is 6.90. The van der Waals surface area contributed by atoms with Crippen LogP contribution < -0.4 is 21.3 Å². The van der Waals surface area contributed by atoms with E-state index in [0.717, 1.165) is 29.1 Å². The highest BCUT2D eigenvalue weighted by molar-refractivity contribution is 8.18. The van der Waals surface area contributed by atoms with Crippen LogP contribution in [0.1, 0.15) is 96.9 Å². The number of carbonyl (C=O) groups is 7. The lowest BCUT2D eigenvalue weighted by Gasteiger charge is -2.33. The summed E-state index contributed by atoms with van der Waals surface area (Å²) >= 11 is 3.33. The number of aliphatic carboxylic acids is 1. The lowest BCUT2D eigenvalue weighted by molar-refractivity contribution is -0.145. The van der Waals surface area contributed by atoms with Crippen LogP contribution in [-0.4, -0.2) is 111 Å². The van der Waals surface area contributed by atoms with Crippen molar-refractivity contribution in [1.29, 1.82) is 0 Å². The van der Waals surface area contributed by atoms with E-state index in [1.807, 2.05) is 38.1 Å². The van der Waals surface area contributed by atoms with Crippen molar-refractivity contribution in [3.8, 4) is 0 Å². The Labute approximate surface area is 367 Å². The monoisotopic (exact) mass is 883 g/mol. The molecule has 2 fully saturated rings. The number of carbonyl (C=O) groups excluding carboxylic acids is 6. The van der Waals surface area contributed by atoms with E-state index in [-0.39, 0.29) is 43.9 Å². The van der Waals surface area contributed by atoms with Crippen molar-refractivity contribution in [3.63, 3.8) is 0 Å². The summed E-state index contributed by atoms with van der Waals surface area (Å²) in [6.07, 6.45) is 0.0391. The minimum absolute atomic E-state index is 0.0401. The number of Topliss-reactive ketones (excluding diaryl/α,β-unsaturated/α-hetero) is 1. The molecule has 2 aromatic rings. The van der Waals surface area contributed by atoms with Crippen LogP contribution in [0.15, 0.2) is 54.6 Å². The Kier molecular flexibility index (Phi) is 18.1. The molecule has 0 bridgehead atoms. The van der Waals surface area contributed by atoms with Gasteiger partial charge in [0, 0.05) is 13.0 Å². The number of likely N-dealkylation sites (tertiary alicyclic amines) is 1. The van der Waals surface area contributed by atoms with Crippen LogP contribution >= 0.6 is 23.5 Å². The highest BCUT2D eigenvalue weighted by atomic mass is 32.2. The molecule has 17 heteroatoms. The Hall–Kier alpha value is -4.61. The normalized spacial score (nSPS) is 18.0. The summed E-state index contributed by atoms with van der Waals surface area (Å²) in [4.78, 5) is 94.8. The fourth-order valence-corrected chi connectivity index (χ4v) is 10.3. The molecule has 1 spiro atoms. The number of nitrogens with zero attached hydrogens (tertiary/aromatic N) is 1. The molecule has 2 aliphatic heterocycles. The average molecular weight is 884 g/mol. The van der Waals surface area contributed by atoms with Gasteiger partial charge in [-0.3, -0.25) is 24.0 Å². The number of hydrogen-bond donors (Lipinski definition) is 5. The number of ketones is 1. The number of carboxylic acids is 1. The average Bonchev–Trinajstić information content (AvgIpc) is 3.60. The first-order valence-electron chi connectivity index (χ1n) is 20.8. The number of hydrogen-bond acceptors (Lipinski definition) is 11. The van der Waals surface area contributed by atoms with Crippen LogP contribution in [0.2, 0.25) is 0 Å². The molecule has 334 valence electrons. The second kappa shape index (κ2) is 22.5. The van der Waals surface area contributed by atoms with Gasteiger partial charge in [0.15, 0.2) is 6.04 Å². The predicted octanol–water partition coefficient (Wildman–Crippen LogP) is 4.72. The molecule has 3 unspecified atom stereocenters. The first-order chi connectivity index (χ1) is 28.8. The molecule has 2 aliphatic rings. The molecule has 0 saturated carbocycles. The van der Waals surface area contributed by atoms with Gasteiger partial charge in [0.05, 0.1) is 36.0 Å². The molecule has 0 aromatic heterocycles. The van der Waals surface area contributed by atoms with Gasteiger partial charge in [-0.1, -0.05) is 103 Å². The van der Waals surface area contributed by atoms with E-state index in [0.29, 0.717) is 12.0 Å². The number of benzene rings is 2. The second-order valence-corrected chi connectivity index (χ2v) is 20.1. The van der Waals surface area contributed by atoms with E-state index in [2.05, 4.69) is 42.0 Å². The van der Waals surface area contributed by atoms with Crippen LogP contribution in [-0.2, 0) is 50.3 Å². The summed E-state index contributed by atoms with van der Waals surface area (Å²) in [5, 5.41) is 19.7. The van der Waals surface area contributed by atoms with E-state index < -0.39 is 82.4 Å². The zero-order valence-corrected chi connectivity index (χ0v) is 37.7. The lowest BCUT2D eigenvalue weighted by Crippen LogP contribution is -2.59. The molecule has 2 aromatic carbocycles. The molecular formula is C44H61N5O10S2. The van der Waals surface area contributed by atoms with Crippen molar-refractivity contribution in [3.05, 3.63) is 71.3 Å². The second-order valence-electron chi connectivity index (χ2n) is 16.9. The third-order valence-corrected chi connectivity index (χ3v) is 13.7. The lowest BCUT2D eigenvalue weighted by atomic mass is 9.87. The number of ether oxygens (including phenoxy) is 2. The molecule has 2 saturated heterocycles. The number of rotatable bonds is 19. The summed E-state index contributed by atoms with van der Waals surface area (Å²) in [6.45, 7) is 13.4. The Bertz CT molecular complexity index is 1850. The van der Waals surface area contributed by atoms with Gasteiger partial charge in [-0.2, -0.15) is 0 Å². The first-order valence-corrected chi connectivity index (χ1v) is 22.7. The van der Waals surface area contributed by atoms with E-state index in [9.17, 15) is 38.7 Å². The largest absolute Gasteiger partial charge is 0.479 e. The number of thioether (sulfide) groups is 2. The molecule has 15 nitrogen and oxygen atoms in total. The standard InChI is InChI=1S/C44H61N5O10S2/c1-8-13-32(37(51)39(53)45-23-34(50)47-36(41(55)56)30-14-10-9-11-15-30)46-38(52)33-22-44(60-20-12-21-61-44)26-49(33)40(54)35(48-42(57)59-24-27(2)3)28(4)58-25-29-16-18-31(19-17-29)43(5,6)7/h9-11,14-19,27-28,32-33,35-36H,8,12-13,20-26H2,1-7H3,(H,45,53)(H,46,52)(H,47,50)(H,48,57)(H,55,56)/t28?,32?,33?,35-,36-/m0/s1. The Morgan fingerprint density at radius 2 is 1.57 bits per heavy atom. The zero-order valence-electron chi connectivity index (χ0n) is 36.1. The zero-order chi connectivity index (χ0) is 44.9. The predicted molar refractivity (Wildman–Crippen MR) is 235 cm³/mol. The van der Waals surface area contributed by atoms with Gasteiger partial charge in [-0.15, -0.1) is 23.5 Å². The van der Waals surface area contributed by atoms with Gasteiger partial charge in [0.25, 0.3) is 5.91 Å². The highest BCUT2D eigenvalue weighted by Gasteiger charge is 2.52. The number of amides is 5. The van der Waals surface area contributed by atoms with E-state index in [4.69, 9.17) is 9.47 Å². The van der Waals surface area contributed by atoms with Gasteiger partial charge in [-0.25, -0.2) is 9.59 Å². The Balaban J connectivity index is 1.51. The van der Waals surface area contributed by atoms with Crippen molar-refractivity contribution in [1.82, 2.24) is 26.2 Å². The summed E-state index contributed by atoms with van der Waals surface area (Å²) < 4.78 is 11.1. The third kappa shape index (κ3) is 14.2. The van der Waals surface area contributed by atoms with Crippen molar-refractivity contribution >= 4 is 65.0 Å². The van der Waals surface area contributed by atoms with E-state index in [1.165, 1.54) is 17.0 Å². The maximum Gasteiger partial charge on any atom is 0.407 e. The van der Waals surface area contributed by atoms with Gasteiger partial charge < -0.3 is 40.7 Å². The molecule has 61 heavy (non-hydrogen) atoms. The molecule has 4 rings (SSSR count). The summed E-state index contributed by atoms with van der Waals surface area (Å²) in [7, 11) is 0. The molecule has 5 atom stereocenters. The third-order valence-electron chi connectivity index (χ3n) is 10.3. The van der Waals surface area contributed by atoms with Gasteiger partial charge in [0.1, 0.15) is 12.1 Å². The van der Waals surface area contributed by atoms with E-state index in [1.54, 1.807) is 55.6 Å². The van der Waals surface area contributed by atoms with Crippen molar-refractivity contribution in [2.45, 2.75) is 121 Å². The van der Waals surface area contributed by atoms with Crippen LogP contribution in [0, 0.1) is 5.92 Å². The van der Waals surface area contributed by atoms with Crippen LogP contribution in [0.4, 0.5) is 4.79 Å². The highest BCUT2D eigenvalue weighted by Crippen LogP contribution is 2.50. The SMILES string of the molecule is CCCC(NC(=O)C1CC2(CN1C(=O)[C@@H](NC(=O)OCC(C)C)C(C)OCc1ccc(C(C)(C)C)cc1)SCCCS2)C(=O)C(=O)NCC(=O)N[C@H](C(=O)O)c1ccccc1. The maximum atomic E-state index is 14.8. The summed E-state index contributed by atoms with van der Waals surface area (Å²) in [5.41, 5.74) is 2.30. The van der Waals surface area contributed by atoms with Crippen LogP contribution in [0.5, 0.6) is 0 Å². The van der Waals surface area contributed by atoms with Gasteiger partial charge in [0.2, 0.25) is 23.5 Å². The smallest absolute Gasteiger partial charge is 0.407 e. The molecule has 0 aliphatic carbocycles. The Morgan fingerprint density at radius 1 is 0.918 bits per heavy atom. The molecule has 5 amide bonds. The minimum Gasteiger partial charge on any atom is -0.479 e. The van der Waals surface area contributed by atoms with Crippen molar-refractivity contribution in [2.24, 2.45) is 5.92 Å². The number of carboxylic acid groups (broad SMARTS) is 1. The van der Waals surface area contributed by atoms with E-state index >= 15 is 0 Å². The van der Waals surface area contributed by atoms with Crippen molar-refractivity contribution < 1.29 is 48.1 Å². The first kappa shape index (κ1) is 49.0. The molecule has 0 radical (unpaired) electrons. The maximum absolute atomic E-state index is 14.8. The Morgan fingerprint density at radius 3 is 2.16 bits per heavy atom. The summed E-state index contributed by atoms with van der Waals surface area (Å²) in [5.74, 6) is -3.81.